The fraction of sp³-hybridized carbons (Fsp3) is 0.423. The van der Waals surface area contributed by atoms with Crippen molar-refractivity contribution >= 4 is 18.0 Å². The largest absolute Gasteiger partial charge is 1.00 e. The minimum atomic E-state index is -0.831. The standard InChI is InChI=1S/C26H31N3O2.BrH/c1-20-28(15-8-18-30)16-17-29(20)24-14-13-23(19-24)26(25(27)31,21-9-4-2-5-10-21)22-11-6-3-7-12-22;/h2-7,9-12,18,23-24H,8,13-17,19H2,1H3,(H-,27,31);1H/t23-,24+;/m1./s1. The van der Waals surface area contributed by atoms with Crippen molar-refractivity contribution in [2.45, 2.75) is 44.1 Å². The Bertz CT molecular complexity index is 922. The van der Waals surface area contributed by atoms with Gasteiger partial charge < -0.3 is 27.5 Å². The topological polar surface area (TPSA) is 66.4 Å². The van der Waals surface area contributed by atoms with E-state index >= 15 is 0 Å². The molecule has 0 spiro atoms. The van der Waals surface area contributed by atoms with Crippen molar-refractivity contribution in [3.8, 4) is 0 Å². The second-order valence-corrected chi connectivity index (χ2v) is 8.75. The number of rotatable bonds is 8. The maximum absolute atomic E-state index is 13.2. The normalized spacial score (nSPS) is 20.8. The number of amidine groups is 1. The minimum Gasteiger partial charge on any atom is -1.00 e. The molecule has 5 nitrogen and oxygen atoms in total. The second-order valence-electron chi connectivity index (χ2n) is 8.75. The van der Waals surface area contributed by atoms with Crippen molar-refractivity contribution in [2.75, 3.05) is 19.6 Å². The van der Waals surface area contributed by atoms with Crippen LogP contribution in [0.5, 0.6) is 0 Å². The van der Waals surface area contributed by atoms with Gasteiger partial charge in [0.05, 0.1) is 12.6 Å². The molecule has 1 fully saturated rings. The first-order valence-corrected chi connectivity index (χ1v) is 11.3. The first kappa shape index (κ1) is 24.2. The highest BCUT2D eigenvalue weighted by Crippen LogP contribution is 2.48. The number of aldehydes is 1. The molecule has 1 saturated carbocycles. The molecule has 0 unspecified atom stereocenters. The average molecular weight is 498 g/mol. The Morgan fingerprint density at radius 2 is 1.69 bits per heavy atom. The number of hydrogen-bond acceptors (Lipinski definition) is 3. The maximum Gasteiger partial charge on any atom is 0.244 e. The van der Waals surface area contributed by atoms with Crippen molar-refractivity contribution in [1.82, 2.24) is 4.90 Å². The SMILES string of the molecule is CC1=[N+](CCC=O)CCN1[C@H]1CC[C@@H](C(C(N)=O)(c2ccccc2)c2ccccc2)C1.[Br-]. The van der Waals surface area contributed by atoms with Gasteiger partial charge in [-0.25, -0.2) is 0 Å². The van der Waals surface area contributed by atoms with Crippen LogP contribution in [0.15, 0.2) is 60.7 Å². The van der Waals surface area contributed by atoms with E-state index in [4.69, 9.17) is 5.73 Å². The summed E-state index contributed by atoms with van der Waals surface area (Å²) in [4.78, 5) is 26.5. The van der Waals surface area contributed by atoms with Gasteiger partial charge in [0, 0.05) is 13.3 Å². The lowest BCUT2D eigenvalue weighted by Gasteiger charge is -2.37. The predicted octanol–water partition coefficient (Wildman–Crippen LogP) is -0.0338. The molecule has 0 radical (unpaired) electrons. The highest BCUT2D eigenvalue weighted by molar-refractivity contribution is 5.91. The summed E-state index contributed by atoms with van der Waals surface area (Å²) in [6.45, 7) is 4.86. The average Bonchev–Trinajstić information content (AvgIpc) is 3.41. The summed E-state index contributed by atoms with van der Waals surface area (Å²) >= 11 is 0. The Labute approximate surface area is 201 Å². The van der Waals surface area contributed by atoms with Gasteiger partial charge in [-0.1, -0.05) is 60.7 Å². The number of carbonyl (C=O) groups is 2. The van der Waals surface area contributed by atoms with Crippen LogP contribution in [0.2, 0.25) is 0 Å². The Hall–Kier alpha value is -2.47. The van der Waals surface area contributed by atoms with Crippen molar-refractivity contribution in [2.24, 2.45) is 11.7 Å². The van der Waals surface area contributed by atoms with Gasteiger partial charge in [-0.2, -0.15) is 0 Å². The number of primary amides is 1. The van der Waals surface area contributed by atoms with E-state index in [2.05, 4.69) is 16.4 Å². The molecule has 0 bridgehead atoms. The quantitative estimate of drug-likeness (QED) is 0.411. The van der Waals surface area contributed by atoms with Crippen molar-refractivity contribution < 1.29 is 31.1 Å². The van der Waals surface area contributed by atoms with Gasteiger partial charge in [0.1, 0.15) is 24.8 Å². The molecule has 2 aliphatic rings. The zero-order chi connectivity index (χ0) is 21.8. The lowest BCUT2D eigenvalue weighted by molar-refractivity contribution is -0.517. The summed E-state index contributed by atoms with van der Waals surface area (Å²) in [6.07, 6.45) is 4.47. The molecule has 4 rings (SSSR count). The first-order valence-electron chi connectivity index (χ1n) is 11.3. The van der Waals surface area contributed by atoms with Crippen molar-refractivity contribution in [3.63, 3.8) is 0 Å². The number of amides is 1. The third-order valence-corrected chi connectivity index (χ3v) is 7.31. The van der Waals surface area contributed by atoms with Gasteiger partial charge >= 0.3 is 0 Å². The van der Waals surface area contributed by atoms with Gasteiger partial charge in [0.2, 0.25) is 11.7 Å². The molecule has 0 saturated heterocycles. The molecular weight excluding hydrogens is 466 g/mol. The molecule has 6 heteroatoms. The van der Waals surface area contributed by atoms with E-state index in [1.54, 1.807) is 0 Å². The predicted molar refractivity (Wildman–Crippen MR) is 122 cm³/mol. The summed E-state index contributed by atoms with van der Waals surface area (Å²) in [5, 5.41) is 0. The highest BCUT2D eigenvalue weighted by Gasteiger charge is 2.52. The molecule has 1 heterocycles. The summed E-state index contributed by atoms with van der Waals surface area (Å²) in [7, 11) is 0. The Morgan fingerprint density at radius 1 is 1.09 bits per heavy atom. The van der Waals surface area contributed by atoms with Crippen LogP contribution >= 0.6 is 0 Å². The Kier molecular flexibility index (Phi) is 7.88. The zero-order valence-electron chi connectivity index (χ0n) is 18.6. The van der Waals surface area contributed by atoms with Crippen LogP contribution < -0.4 is 22.7 Å². The molecule has 170 valence electrons. The van der Waals surface area contributed by atoms with E-state index in [9.17, 15) is 9.59 Å². The molecule has 1 amide bonds. The van der Waals surface area contributed by atoms with Crippen LogP contribution in [0.1, 0.15) is 43.7 Å². The number of hydrogen-bond donors (Lipinski definition) is 1. The molecule has 32 heavy (non-hydrogen) atoms. The summed E-state index contributed by atoms with van der Waals surface area (Å²) < 4.78 is 2.30. The molecule has 1 aliphatic carbocycles. The fourth-order valence-electron chi connectivity index (χ4n) is 5.82. The van der Waals surface area contributed by atoms with E-state index in [-0.39, 0.29) is 28.8 Å². The molecule has 2 aromatic carbocycles. The monoisotopic (exact) mass is 497 g/mol. The van der Waals surface area contributed by atoms with Gasteiger partial charge in [-0.05, 0) is 36.3 Å². The second kappa shape index (κ2) is 10.4. The smallest absolute Gasteiger partial charge is 0.244 e. The lowest BCUT2D eigenvalue weighted by Crippen LogP contribution is -3.00. The zero-order valence-corrected chi connectivity index (χ0v) is 20.2. The molecule has 1 aliphatic heterocycles. The first-order chi connectivity index (χ1) is 15.1. The summed E-state index contributed by atoms with van der Waals surface area (Å²) in [6, 6.07) is 20.5. The third-order valence-electron chi connectivity index (χ3n) is 7.31. The van der Waals surface area contributed by atoms with Crippen LogP contribution in [0.25, 0.3) is 0 Å². The Balaban J connectivity index is 0.00000289. The molecule has 2 N–H and O–H groups in total. The van der Waals surface area contributed by atoms with E-state index in [1.807, 2.05) is 60.7 Å². The number of nitrogens with zero attached hydrogens (tertiary/aromatic N) is 2. The Morgan fingerprint density at radius 3 is 2.22 bits per heavy atom. The highest BCUT2D eigenvalue weighted by atomic mass is 79.9. The van der Waals surface area contributed by atoms with Crippen LogP contribution in [-0.2, 0) is 15.0 Å². The minimum absolute atomic E-state index is 0. The van der Waals surface area contributed by atoms with E-state index < -0.39 is 5.41 Å². The number of carbonyl (C=O) groups excluding carboxylic acids is 2. The fourth-order valence-corrected chi connectivity index (χ4v) is 5.82. The lowest BCUT2D eigenvalue weighted by atomic mass is 9.64. The number of benzene rings is 2. The van der Waals surface area contributed by atoms with Crippen molar-refractivity contribution in [3.05, 3.63) is 71.8 Å². The summed E-state index contributed by atoms with van der Waals surface area (Å²) in [5.41, 5.74) is 7.35. The van der Waals surface area contributed by atoms with Crippen molar-refractivity contribution in [1.29, 1.82) is 0 Å². The van der Waals surface area contributed by atoms with Gasteiger partial charge in [0.25, 0.3) is 0 Å². The van der Waals surface area contributed by atoms with Crippen LogP contribution in [0.4, 0.5) is 0 Å². The van der Waals surface area contributed by atoms with E-state index in [0.29, 0.717) is 12.5 Å². The van der Waals surface area contributed by atoms with E-state index in [1.165, 1.54) is 5.84 Å². The van der Waals surface area contributed by atoms with Gasteiger partial charge in [-0.3, -0.25) is 14.3 Å². The summed E-state index contributed by atoms with van der Waals surface area (Å²) in [5.74, 6) is 1.11. The number of nitrogens with two attached hydrogens (primary N) is 1. The van der Waals surface area contributed by atoms with Crippen LogP contribution in [0.3, 0.4) is 0 Å². The molecule has 2 atom stereocenters. The van der Waals surface area contributed by atoms with E-state index in [0.717, 1.165) is 56.3 Å². The van der Waals surface area contributed by atoms with Gasteiger partial charge in [0.15, 0.2) is 0 Å². The van der Waals surface area contributed by atoms with Gasteiger partial charge in [-0.15, -0.1) is 0 Å². The van der Waals surface area contributed by atoms with Crippen LogP contribution in [-0.4, -0.2) is 53.2 Å². The molecule has 2 aromatic rings. The number of halogens is 1. The maximum atomic E-state index is 13.2. The third kappa shape index (κ3) is 4.25. The van der Waals surface area contributed by atoms with Crippen LogP contribution in [0, 0.1) is 5.92 Å². The molecular formula is C26H32BrN3O2. The molecule has 0 aromatic heterocycles.